The highest BCUT2D eigenvalue weighted by atomic mass is 16.5. The van der Waals surface area contributed by atoms with Crippen molar-refractivity contribution < 1.29 is 9.47 Å². The average molecular weight is 314 g/mol. The fraction of sp³-hybridized carbons (Fsp3) is 0.579. The molecule has 124 valence electrons. The molecule has 4 nitrogen and oxygen atoms in total. The van der Waals surface area contributed by atoms with Crippen LogP contribution >= 0.6 is 0 Å². The number of hydrogen-bond donors (Lipinski definition) is 0. The molecule has 2 rings (SSSR count). The van der Waals surface area contributed by atoms with E-state index in [0.29, 0.717) is 29.2 Å². The molecule has 1 aromatic rings. The minimum atomic E-state index is 0.356. The van der Waals surface area contributed by atoms with Crippen LogP contribution in [0.2, 0.25) is 0 Å². The van der Waals surface area contributed by atoms with Gasteiger partial charge in [0, 0.05) is 5.56 Å². The molecular formula is C19H26N2O2. The van der Waals surface area contributed by atoms with E-state index in [-0.39, 0.29) is 0 Å². The molecule has 0 fully saturated rings. The van der Waals surface area contributed by atoms with Crippen LogP contribution in [0.4, 0.5) is 0 Å². The topological polar surface area (TPSA) is 55.1 Å². The van der Waals surface area contributed by atoms with Gasteiger partial charge in [-0.3, -0.25) is 0 Å². The second kappa shape index (κ2) is 7.50. The van der Waals surface area contributed by atoms with Gasteiger partial charge in [-0.1, -0.05) is 32.4 Å². The van der Waals surface area contributed by atoms with Crippen LogP contribution in [-0.4, -0.2) is 19.2 Å². The van der Waals surface area contributed by atoms with Crippen molar-refractivity contribution in [2.24, 2.45) is 11.8 Å². The van der Waals surface area contributed by atoms with Crippen LogP contribution in [0, 0.1) is 23.2 Å². The number of rotatable bonds is 5. The Labute approximate surface area is 139 Å². The first-order valence-corrected chi connectivity index (χ1v) is 8.27. The quantitative estimate of drug-likeness (QED) is 0.769. The number of methoxy groups -OCH3 is 2. The van der Waals surface area contributed by atoms with Crippen molar-refractivity contribution in [2.75, 3.05) is 14.2 Å². The van der Waals surface area contributed by atoms with Crippen LogP contribution in [0.15, 0.2) is 11.6 Å². The fourth-order valence-corrected chi connectivity index (χ4v) is 3.68. The van der Waals surface area contributed by atoms with Gasteiger partial charge < -0.3 is 9.47 Å². The van der Waals surface area contributed by atoms with Crippen LogP contribution in [0.5, 0.6) is 11.8 Å². The van der Waals surface area contributed by atoms with Crippen molar-refractivity contribution in [1.29, 1.82) is 5.26 Å². The maximum atomic E-state index is 9.62. The van der Waals surface area contributed by atoms with Gasteiger partial charge >= 0.3 is 0 Å². The van der Waals surface area contributed by atoms with Crippen molar-refractivity contribution in [3.8, 4) is 17.8 Å². The number of nitriles is 1. The molecule has 0 radical (unpaired) electrons. The number of nitrogens with zero attached hydrogens (tertiary/aromatic N) is 2. The number of aromatic nitrogens is 1. The highest BCUT2D eigenvalue weighted by Gasteiger charge is 2.23. The van der Waals surface area contributed by atoms with Gasteiger partial charge in [0.2, 0.25) is 11.8 Å². The summed E-state index contributed by atoms with van der Waals surface area (Å²) in [6, 6.07) is 2.28. The Morgan fingerprint density at radius 1 is 1.22 bits per heavy atom. The predicted molar refractivity (Wildman–Crippen MR) is 90.8 cm³/mol. The van der Waals surface area contributed by atoms with Crippen molar-refractivity contribution in [3.63, 3.8) is 0 Å². The summed E-state index contributed by atoms with van der Waals surface area (Å²) >= 11 is 0. The number of ether oxygens (including phenoxy) is 2. The highest BCUT2D eigenvalue weighted by molar-refractivity contribution is 5.54. The monoisotopic (exact) mass is 314 g/mol. The van der Waals surface area contributed by atoms with E-state index in [4.69, 9.17) is 9.47 Å². The lowest BCUT2D eigenvalue weighted by atomic mass is 9.81. The summed E-state index contributed by atoms with van der Waals surface area (Å²) < 4.78 is 10.7. The molecule has 1 aromatic heterocycles. The van der Waals surface area contributed by atoms with Crippen molar-refractivity contribution in [2.45, 2.75) is 46.5 Å². The van der Waals surface area contributed by atoms with Crippen LogP contribution in [0.3, 0.4) is 0 Å². The standard InChI is InChI=1S/C19H26N2O2/c1-6-15-16(10-14-8-12(2)7-13(3)9-14)17(11-20)19(23-5)21-18(15)22-4/h8,12-13H,6-7,9-10H2,1-5H3. The van der Waals surface area contributed by atoms with Gasteiger partial charge in [0.1, 0.15) is 11.6 Å². The Bertz CT molecular complexity index is 644. The van der Waals surface area contributed by atoms with Crippen LogP contribution in [0.1, 0.15) is 50.3 Å². The molecule has 0 aliphatic heterocycles. The van der Waals surface area contributed by atoms with E-state index in [2.05, 4.69) is 37.9 Å². The molecule has 0 saturated carbocycles. The molecule has 0 bridgehead atoms. The lowest BCUT2D eigenvalue weighted by molar-refractivity contribution is 0.359. The largest absolute Gasteiger partial charge is 0.481 e. The van der Waals surface area contributed by atoms with Gasteiger partial charge in [-0.15, -0.1) is 0 Å². The van der Waals surface area contributed by atoms with Crippen LogP contribution in [0.25, 0.3) is 0 Å². The molecule has 23 heavy (non-hydrogen) atoms. The first-order valence-electron chi connectivity index (χ1n) is 8.27. The summed E-state index contributed by atoms with van der Waals surface area (Å²) in [5.41, 5.74) is 3.96. The molecule has 4 heteroatoms. The maximum absolute atomic E-state index is 9.62. The summed E-state index contributed by atoms with van der Waals surface area (Å²) in [6.45, 7) is 6.62. The highest BCUT2D eigenvalue weighted by Crippen LogP contribution is 2.35. The Hall–Kier alpha value is -2.02. The molecule has 1 heterocycles. The molecular weight excluding hydrogens is 288 g/mol. The van der Waals surface area contributed by atoms with Gasteiger partial charge in [0.15, 0.2) is 0 Å². The van der Waals surface area contributed by atoms with Gasteiger partial charge in [0.05, 0.1) is 14.2 Å². The molecule has 2 unspecified atom stereocenters. The molecule has 1 aliphatic rings. The summed E-state index contributed by atoms with van der Waals surface area (Å²) in [4.78, 5) is 4.35. The molecule has 0 aromatic carbocycles. The third kappa shape index (κ3) is 3.67. The van der Waals surface area contributed by atoms with Crippen LogP contribution < -0.4 is 9.47 Å². The predicted octanol–water partition coefficient (Wildman–Crippen LogP) is 4.07. The fourth-order valence-electron chi connectivity index (χ4n) is 3.68. The first-order chi connectivity index (χ1) is 11.0. The lowest BCUT2D eigenvalue weighted by Gasteiger charge is -2.25. The third-order valence-corrected chi connectivity index (χ3v) is 4.50. The Morgan fingerprint density at radius 3 is 2.43 bits per heavy atom. The molecule has 0 N–H and O–H groups in total. The van der Waals surface area contributed by atoms with E-state index >= 15 is 0 Å². The van der Waals surface area contributed by atoms with E-state index in [1.54, 1.807) is 14.2 Å². The average Bonchev–Trinajstić information content (AvgIpc) is 2.52. The summed E-state index contributed by atoms with van der Waals surface area (Å²) in [5.74, 6) is 2.20. The Kier molecular flexibility index (Phi) is 5.65. The molecule has 0 saturated heterocycles. The number of hydrogen-bond acceptors (Lipinski definition) is 4. The van der Waals surface area contributed by atoms with E-state index in [0.717, 1.165) is 30.4 Å². The summed E-state index contributed by atoms with van der Waals surface area (Å²) in [6.07, 6.45) is 6.24. The molecule has 0 amide bonds. The second-order valence-electron chi connectivity index (χ2n) is 6.45. The van der Waals surface area contributed by atoms with Gasteiger partial charge in [-0.05, 0) is 43.1 Å². The van der Waals surface area contributed by atoms with Crippen molar-refractivity contribution in [3.05, 3.63) is 28.3 Å². The molecule has 2 atom stereocenters. The summed E-state index contributed by atoms with van der Waals surface area (Å²) in [7, 11) is 3.16. The lowest BCUT2D eigenvalue weighted by Crippen LogP contribution is -2.13. The van der Waals surface area contributed by atoms with E-state index in [9.17, 15) is 5.26 Å². The van der Waals surface area contributed by atoms with Crippen molar-refractivity contribution in [1.82, 2.24) is 4.98 Å². The Balaban J connectivity index is 2.53. The van der Waals surface area contributed by atoms with Gasteiger partial charge in [-0.25, -0.2) is 0 Å². The third-order valence-electron chi connectivity index (χ3n) is 4.50. The zero-order valence-corrected chi connectivity index (χ0v) is 14.8. The number of allylic oxidation sites excluding steroid dienone is 2. The smallest absolute Gasteiger partial charge is 0.235 e. The normalized spacial score (nSPS) is 20.6. The zero-order valence-electron chi connectivity index (χ0n) is 14.8. The van der Waals surface area contributed by atoms with Gasteiger partial charge in [0.25, 0.3) is 0 Å². The SMILES string of the molecule is CCc1c(OC)nc(OC)c(C#N)c1CC1=CC(C)CC(C)C1. The minimum Gasteiger partial charge on any atom is -0.481 e. The van der Waals surface area contributed by atoms with E-state index in [1.165, 1.54) is 12.0 Å². The first kappa shape index (κ1) is 17.3. The Morgan fingerprint density at radius 2 is 1.91 bits per heavy atom. The zero-order chi connectivity index (χ0) is 17.0. The van der Waals surface area contributed by atoms with E-state index in [1.807, 2.05) is 0 Å². The number of pyridine rings is 1. The van der Waals surface area contributed by atoms with Crippen molar-refractivity contribution >= 4 is 0 Å². The molecule has 0 spiro atoms. The van der Waals surface area contributed by atoms with Crippen LogP contribution in [-0.2, 0) is 12.8 Å². The minimum absolute atomic E-state index is 0.356. The molecule has 1 aliphatic carbocycles. The van der Waals surface area contributed by atoms with E-state index < -0.39 is 0 Å². The second-order valence-corrected chi connectivity index (χ2v) is 6.45. The summed E-state index contributed by atoms with van der Waals surface area (Å²) in [5, 5.41) is 9.62. The van der Waals surface area contributed by atoms with Gasteiger partial charge in [-0.2, -0.15) is 10.2 Å². The maximum Gasteiger partial charge on any atom is 0.235 e.